The van der Waals surface area contributed by atoms with Gasteiger partial charge in [-0.15, -0.1) is 5.10 Å². The lowest BCUT2D eigenvalue weighted by molar-refractivity contribution is -0.131. The van der Waals surface area contributed by atoms with Gasteiger partial charge < -0.3 is 4.90 Å². The van der Waals surface area contributed by atoms with Crippen LogP contribution in [0.5, 0.6) is 0 Å². The molecule has 0 saturated carbocycles. The van der Waals surface area contributed by atoms with Crippen LogP contribution in [-0.2, 0) is 17.8 Å². The van der Waals surface area contributed by atoms with Crippen molar-refractivity contribution in [2.45, 2.75) is 30.3 Å². The summed E-state index contributed by atoms with van der Waals surface area (Å²) in [5, 5.41) is 7.58. The molecule has 4 rings (SSSR count). The van der Waals surface area contributed by atoms with E-state index < -0.39 is 0 Å². The number of amides is 1. The van der Waals surface area contributed by atoms with Crippen LogP contribution in [0.3, 0.4) is 0 Å². The van der Waals surface area contributed by atoms with E-state index in [1.54, 1.807) is 0 Å². The molecule has 0 fully saturated rings. The number of aromatic nitrogens is 3. The topological polar surface area (TPSA) is 61.9 Å². The van der Waals surface area contributed by atoms with Crippen molar-refractivity contribution in [3.63, 3.8) is 0 Å². The summed E-state index contributed by atoms with van der Waals surface area (Å²) in [7, 11) is 0. The first-order valence-electron chi connectivity index (χ1n) is 8.71. The first-order valence-corrected chi connectivity index (χ1v) is 9.59. The van der Waals surface area contributed by atoms with Gasteiger partial charge in [0.05, 0.1) is 5.25 Å². The standard InChI is InChI=1S/C20H20N4OS/c1-14(19(25)24-12-11-15-7-5-6-10-17(15)13-24)26-20-21-18(22-23-20)16-8-3-2-4-9-16/h2-10,14H,11-13H2,1H3,(H,21,22,23). The second-order valence-corrected chi connectivity index (χ2v) is 7.68. The highest BCUT2D eigenvalue weighted by Crippen LogP contribution is 2.26. The van der Waals surface area contributed by atoms with Gasteiger partial charge in [-0.25, -0.2) is 4.98 Å². The van der Waals surface area contributed by atoms with Gasteiger partial charge in [-0.05, 0) is 24.5 Å². The molecule has 1 N–H and O–H groups in total. The third-order valence-corrected chi connectivity index (χ3v) is 5.53. The van der Waals surface area contributed by atoms with Crippen molar-refractivity contribution in [2.24, 2.45) is 0 Å². The highest BCUT2D eigenvalue weighted by atomic mass is 32.2. The molecule has 2 heterocycles. The quantitative estimate of drug-likeness (QED) is 0.720. The van der Waals surface area contributed by atoms with Crippen molar-refractivity contribution in [1.82, 2.24) is 20.1 Å². The Balaban J connectivity index is 1.42. The molecular formula is C20H20N4OS. The molecule has 3 aromatic rings. The molecule has 0 radical (unpaired) electrons. The Kier molecular flexibility index (Phi) is 4.75. The molecule has 0 aliphatic carbocycles. The molecule has 2 aromatic carbocycles. The molecular weight excluding hydrogens is 344 g/mol. The Morgan fingerprint density at radius 3 is 2.65 bits per heavy atom. The number of carbonyl (C=O) groups excluding carboxylic acids is 1. The van der Waals surface area contributed by atoms with E-state index in [0.29, 0.717) is 11.7 Å². The van der Waals surface area contributed by atoms with Crippen LogP contribution in [0.2, 0.25) is 0 Å². The number of carbonyl (C=O) groups is 1. The maximum Gasteiger partial charge on any atom is 0.236 e. The van der Waals surface area contributed by atoms with E-state index >= 15 is 0 Å². The summed E-state index contributed by atoms with van der Waals surface area (Å²) >= 11 is 1.40. The first kappa shape index (κ1) is 16.8. The highest BCUT2D eigenvalue weighted by Gasteiger charge is 2.26. The van der Waals surface area contributed by atoms with Gasteiger partial charge in [0.25, 0.3) is 0 Å². The molecule has 0 spiro atoms. The van der Waals surface area contributed by atoms with E-state index in [2.05, 4.69) is 33.4 Å². The maximum absolute atomic E-state index is 12.8. The average molecular weight is 364 g/mol. The number of nitrogens with zero attached hydrogens (tertiary/aromatic N) is 3. The minimum absolute atomic E-state index is 0.135. The van der Waals surface area contributed by atoms with Crippen LogP contribution in [0.4, 0.5) is 0 Å². The fourth-order valence-electron chi connectivity index (χ4n) is 3.17. The Morgan fingerprint density at radius 2 is 1.85 bits per heavy atom. The zero-order chi connectivity index (χ0) is 17.9. The number of thioether (sulfide) groups is 1. The molecule has 1 amide bonds. The first-order chi connectivity index (χ1) is 12.7. The number of aromatic amines is 1. The van der Waals surface area contributed by atoms with Crippen molar-refractivity contribution in [2.75, 3.05) is 6.54 Å². The summed E-state index contributed by atoms with van der Waals surface area (Å²) < 4.78 is 0. The molecule has 6 heteroatoms. The summed E-state index contributed by atoms with van der Waals surface area (Å²) in [5.41, 5.74) is 3.57. The summed E-state index contributed by atoms with van der Waals surface area (Å²) in [5.74, 6) is 0.857. The Morgan fingerprint density at radius 1 is 1.12 bits per heavy atom. The van der Waals surface area contributed by atoms with Crippen LogP contribution in [-0.4, -0.2) is 37.8 Å². The zero-order valence-electron chi connectivity index (χ0n) is 14.6. The van der Waals surface area contributed by atoms with Gasteiger partial charge in [0.1, 0.15) is 0 Å². The van der Waals surface area contributed by atoms with Crippen LogP contribution in [0.1, 0.15) is 18.1 Å². The molecule has 1 aliphatic rings. The Bertz CT molecular complexity index is 909. The molecule has 1 unspecified atom stereocenters. The van der Waals surface area contributed by atoms with E-state index in [1.807, 2.05) is 48.2 Å². The van der Waals surface area contributed by atoms with Gasteiger partial charge in [-0.2, -0.15) is 0 Å². The van der Waals surface area contributed by atoms with Crippen molar-refractivity contribution in [3.8, 4) is 11.4 Å². The van der Waals surface area contributed by atoms with Crippen molar-refractivity contribution in [3.05, 3.63) is 65.7 Å². The number of fused-ring (bicyclic) bond motifs is 1. The smallest absolute Gasteiger partial charge is 0.236 e. The summed E-state index contributed by atoms with van der Waals surface area (Å²) in [6.07, 6.45) is 0.915. The molecule has 1 atom stereocenters. The number of nitrogens with one attached hydrogen (secondary N) is 1. The largest absolute Gasteiger partial charge is 0.337 e. The number of hydrogen-bond acceptors (Lipinski definition) is 4. The van der Waals surface area contributed by atoms with Crippen LogP contribution in [0.25, 0.3) is 11.4 Å². The summed E-state index contributed by atoms with van der Waals surface area (Å²) in [6.45, 7) is 3.37. The fourth-order valence-corrected chi connectivity index (χ4v) is 3.98. The number of rotatable bonds is 4. The number of benzene rings is 2. The lowest BCUT2D eigenvalue weighted by Gasteiger charge is -2.30. The Labute approximate surface area is 156 Å². The van der Waals surface area contributed by atoms with Gasteiger partial charge in [-0.1, -0.05) is 66.4 Å². The van der Waals surface area contributed by atoms with Crippen LogP contribution in [0, 0.1) is 0 Å². The minimum atomic E-state index is -0.223. The van der Waals surface area contributed by atoms with E-state index in [9.17, 15) is 4.79 Å². The fraction of sp³-hybridized carbons (Fsp3) is 0.250. The molecule has 0 bridgehead atoms. The summed E-state index contributed by atoms with van der Waals surface area (Å²) in [4.78, 5) is 19.3. The second kappa shape index (κ2) is 7.33. The number of H-pyrrole nitrogens is 1. The SMILES string of the molecule is CC(Sc1n[nH]c(-c2ccccc2)n1)C(=O)N1CCc2ccccc2C1. The Hall–Kier alpha value is -2.60. The molecule has 0 saturated heterocycles. The molecule has 26 heavy (non-hydrogen) atoms. The maximum atomic E-state index is 12.8. The van der Waals surface area contributed by atoms with Gasteiger partial charge in [0, 0.05) is 18.7 Å². The van der Waals surface area contributed by atoms with Gasteiger partial charge in [0.2, 0.25) is 11.1 Å². The van der Waals surface area contributed by atoms with Crippen LogP contribution >= 0.6 is 11.8 Å². The van der Waals surface area contributed by atoms with E-state index in [1.165, 1.54) is 22.9 Å². The van der Waals surface area contributed by atoms with Gasteiger partial charge in [0.15, 0.2) is 5.82 Å². The minimum Gasteiger partial charge on any atom is -0.337 e. The van der Waals surface area contributed by atoms with E-state index in [-0.39, 0.29) is 11.2 Å². The lowest BCUT2D eigenvalue weighted by atomic mass is 10.00. The highest BCUT2D eigenvalue weighted by molar-refractivity contribution is 8.00. The third-order valence-electron chi connectivity index (χ3n) is 4.58. The lowest BCUT2D eigenvalue weighted by Crippen LogP contribution is -2.40. The van der Waals surface area contributed by atoms with Crippen molar-refractivity contribution < 1.29 is 4.79 Å². The van der Waals surface area contributed by atoms with Crippen LogP contribution < -0.4 is 0 Å². The second-order valence-electron chi connectivity index (χ2n) is 6.37. The van der Waals surface area contributed by atoms with Gasteiger partial charge >= 0.3 is 0 Å². The van der Waals surface area contributed by atoms with Crippen molar-refractivity contribution >= 4 is 17.7 Å². The molecule has 1 aliphatic heterocycles. The predicted molar refractivity (Wildman–Crippen MR) is 103 cm³/mol. The summed E-state index contributed by atoms with van der Waals surface area (Å²) in [6, 6.07) is 18.2. The van der Waals surface area contributed by atoms with E-state index in [4.69, 9.17) is 0 Å². The molecule has 5 nitrogen and oxygen atoms in total. The molecule has 1 aromatic heterocycles. The normalized spacial score (nSPS) is 14.7. The third kappa shape index (κ3) is 3.51. The van der Waals surface area contributed by atoms with Crippen LogP contribution in [0.15, 0.2) is 59.8 Å². The average Bonchev–Trinajstić information content (AvgIpc) is 3.16. The molecule has 132 valence electrons. The van der Waals surface area contributed by atoms with E-state index in [0.717, 1.165) is 24.4 Å². The monoisotopic (exact) mass is 364 g/mol. The predicted octanol–water partition coefficient (Wildman–Crippen LogP) is 3.54. The van der Waals surface area contributed by atoms with Gasteiger partial charge in [-0.3, -0.25) is 9.89 Å². The zero-order valence-corrected chi connectivity index (χ0v) is 15.4. The number of hydrogen-bond donors (Lipinski definition) is 1. The van der Waals surface area contributed by atoms with Crippen molar-refractivity contribution in [1.29, 1.82) is 0 Å².